The highest BCUT2D eigenvalue weighted by atomic mass is 35.5. The molecule has 0 aromatic heterocycles. The van der Waals surface area contributed by atoms with Gasteiger partial charge in [-0.1, -0.05) is 17.7 Å². The molecule has 3 unspecified atom stereocenters. The van der Waals surface area contributed by atoms with Gasteiger partial charge >= 0.3 is 5.97 Å². The average molecular weight is 280 g/mol. The fraction of sp³-hybridized carbons (Fsp3) is 0.533. The van der Waals surface area contributed by atoms with E-state index in [1.54, 1.807) is 0 Å². The number of nitrogens with zero attached hydrogens (tertiary/aromatic N) is 1. The highest BCUT2D eigenvalue weighted by Gasteiger charge is 2.41. The molecule has 19 heavy (non-hydrogen) atoms. The lowest BCUT2D eigenvalue weighted by atomic mass is 10.0. The number of halogens is 1. The molecule has 3 atom stereocenters. The van der Waals surface area contributed by atoms with E-state index in [1.165, 1.54) is 11.1 Å². The zero-order valence-corrected chi connectivity index (χ0v) is 11.7. The van der Waals surface area contributed by atoms with E-state index in [0.29, 0.717) is 6.04 Å². The average Bonchev–Trinajstić information content (AvgIpc) is 2.91. The maximum atomic E-state index is 11.2. The molecule has 1 aromatic rings. The summed E-state index contributed by atoms with van der Waals surface area (Å²) in [6.45, 7) is 2.92. The van der Waals surface area contributed by atoms with Crippen molar-refractivity contribution >= 4 is 17.6 Å². The third kappa shape index (κ3) is 2.15. The second-order valence-corrected chi connectivity index (χ2v) is 6.05. The van der Waals surface area contributed by atoms with Gasteiger partial charge in [0.15, 0.2) is 0 Å². The number of fused-ring (bicyclic) bond motifs is 1. The standard InChI is InChI=1S/C15H18ClNO2/c1-9-12(15(18)19)6-7-17(9)14-5-2-10-8-11(16)3-4-13(10)14/h3-4,8-9,12,14H,2,5-7H2,1H3,(H,18,19). The van der Waals surface area contributed by atoms with Crippen molar-refractivity contribution in [1.82, 2.24) is 4.90 Å². The Balaban J connectivity index is 1.85. The molecule has 0 amide bonds. The third-order valence-corrected chi connectivity index (χ3v) is 4.91. The van der Waals surface area contributed by atoms with Crippen LogP contribution in [0.25, 0.3) is 0 Å². The third-order valence-electron chi connectivity index (χ3n) is 4.67. The first-order valence-corrected chi connectivity index (χ1v) is 7.22. The Bertz CT molecular complexity index is 517. The quantitative estimate of drug-likeness (QED) is 0.904. The van der Waals surface area contributed by atoms with E-state index in [2.05, 4.69) is 11.0 Å². The molecule has 3 rings (SSSR count). The fourth-order valence-corrected chi connectivity index (χ4v) is 3.84. The van der Waals surface area contributed by atoms with Crippen molar-refractivity contribution in [3.8, 4) is 0 Å². The Kier molecular flexibility index (Phi) is 3.27. The summed E-state index contributed by atoms with van der Waals surface area (Å²) in [6.07, 6.45) is 2.88. The first-order valence-electron chi connectivity index (χ1n) is 6.85. The van der Waals surface area contributed by atoms with Crippen LogP contribution in [0, 0.1) is 5.92 Å². The summed E-state index contributed by atoms with van der Waals surface area (Å²) < 4.78 is 0. The van der Waals surface area contributed by atoms with Gasteiger partial charge in [0.25, 0.3) is 0 Å². The van der Waals surface area contributed by atoms with E-state index in [0.717, 1.165) is 30.8 Å². The Morgan fingerprint density at radius 2 is 2.21 bits per heavy atom. The van der Waals surface area contributed by atoms with Crippen LogP contribution in [0.3, 0.4) is 0 Å². The van der Waals surface area contributed by atoms with Crippen LogP contribution in [0.4, 0.5) is 0 Å². The minimum absolute atomic E-state index is 0.115. The lowest BCUT2D eigenvalue weighted by molar-refractivity contribution is -0.142. The molecule has 0 saturated carbocycles. The van der Waals surface area contributed by atoms with Crippen LogP contribution in [0.2, 0.25) is 5.02 Å². The summed E-state index contributed by atoms with van der Waals surface area (Å²) in [4.78, 5) is 13.6. The molecule has 0 spiro atoms. The number of carboxylic acid groups (broad SMARTS) is 1. The molecule has 4 heteroatoms. The van der Waals surface area contributed by atoms with Gasteiger partial charge in [0, 0.05) is 17.1 Å². The molecule has 3 nitrogen and oxygen atoms in total. The van der Waals surface area contributed by atoms with Gasteiger partial charge in [-0.2, -0.15) is 0 Å². The van der Waals surface area contributed by atoms with Crippen LogP contribution in [0.1, 0.15) is 36.9 Å². The highest BCUT2D eigenvalue weighted by molar-refractivity contribution is 6.30. The van der Waals surface area contributed by atoms with Gasteiger partial charge in [-0.25, -0.2) is 0 Å². The normalized spacial score (nSPS) is 30.5. The second-order valence-electron chi connectivity index (χ2n) is 5.61. The highest BCUT2D eigenvalue weighted by Crippen LogP contribution is 2.41. The molecule has 0 radical (unpaired) electrons. The van der Waals surface area contributed by atoms with Gasteiger partial charge in [-0.3, -0.25) is 9.69 Å². The molecular formula is C15H18ClNO2. The van der Waals surface area contributed by atoms with Gasteiger partial charge < -0.3 is 5.11 Å². The van der Waals surface area contributed by atoms with Crippen LogP contribution >= 0.6 is 11.6 Å². The number of aryl methyl sites for hydroxylation is 1. The predicted octanol–water partition coefficient (Wildman–Crippen LogP) is 3.12. The minimum atomic E-state index is -0.663. The van der Waals surface area contributed by atoms with E-state index in [4.69, 9.17) is 11.6 Å². The van der Waals surface area contributed by atoms with Gasteiger partial charge in [-0.15, -0.1) is 0 Å². The second kappa shape index (κ2) is 4.80. The number of likely N-dealkylation sites (tertiary alicyclic amines) is 1. The summed E-state index contributed by atoms with van der Waals surface area (Å²) >= 11 is 6.03. The Labute approximate surface area is 118 Å². The number of benzene rings is 1. The first kappa shape index (κ1) is 12.9. The molecule has 1 saturated heterocycles. The molecule has 102 valence electrons. The number of hydrogen-bond acceptors (Lipinski definition) is 2. The van der Waals surface area contributed by atoms with E-state index in [1.807, 2.05) is 19.1 Å². The zero-order chi connectivity index (χ0) is 13.6. The number of aliphatic carboxylic acids is 1. The molecule has 1 heterocycles. The summed E-state index contributed by atoms with van der Waals surface area (Å²) in [7, 11) is 0. The van der Waals surface area contributed by atoms with Crippen molar-refractivity contribution in [3.63, 3.8) is 0 Å². The monoisotopic (exact) mass is 279 g/mol. The predicted molar refractivity (Wildman–Crippen MR) is 74.4 cm³/mol. The summed E-state index contributed by atoms with van der Waals surface area (Å²) in [5.41, 5.74) is 2.66. The number of rotatable bonds is 2. The van der Waals surface area contributed by atoms with Crippen molar-refractivity contribution in [2.24, 2.45) is 5.92 Å². The largest absolute Gasteiger partial charge is 0.481 e. The van der Waals surface area contributed by atoms with E-state index in [-0.39, 0.29) is 12.0 Å². The number of carboxylic acids is 1. The van der Waals surface area contributed by atoms with E-state index >= 15 is 0 Å². The summed E-state index contributed by atoms with van der Waals surface area (Å²) in [5.74, 6) is -0.888. The van der Waals surface area contributed by atoms with Crippen molar-refractivity contribution < 1.29 is 9.90 Å². The van der Waals surface area contributed by atoms with E-state index < -0.39 is 5.97 Å². The van der Waals surface area contributed by atoms with E-state index in [9.17, 15) is 9.90 Å². The lowest BCUT2D eigenvalue weighted by Crippen LogP contribution is -2.35. The molecule has 0 bridgehead atoms. The maximum absolute atomic E-state index is 11.2. The van der Waals surface area contributed by atoms with Crippen LogP contribution in [-0.2, 0) is 11.2 Å². The van der Waals surface area contributed by atoms with Gasteiger partial charge in [0.2, 0.25) is 0 Å². The lowest BCUT2D eigenvalue weighted by Gasteiger charge is -2.30. The summed E-state index contributed by atoms with van der Waals surface area (Å²) in [5, 5.41) is 10.0. The Morgan fingerprint density at radius 1 is 1.42 bits per heavy atom. The van der Waals surface area contributed by atoms with Crippen molar-refractivity contribution in [3.05, 3.63) is 34.3 Å². The smallest absolute Gasteiger partial charge is 0.308 e. The molecular weight excluding hydrogens is 262 g/mol. The fourth-order valence-electron chi connectivity index (χ4n) is 3.64. The zero-order valence-electron chi connectivity index (χ0n) is 11.0. The molecule has 1 N–H and O–H groups in total. The van der Waals surface area contributed by atoms with Gasteiger partial charge in [0.1, 0.15) is 0 Å². The van der Waals surface area contributed by atoms with Crippen molar-refractivity contribution in [1.29, 1.82) is 0 Å². The SMILES string of the molecule is CC1C(C(=O)O)CCN1C1CCc2cc(Cl)ccc21. The topological polar surface area (TPSA) is 40.5 Å². The van der Waals surface area contributed by atoms with Crippen LogP contribution in [0.15, 0.2) is 18.2 Å². The van der Waals surface area contributed by atoms with Gasteiger partial charge in [-0.05, 0) is 56.0 Å². The summed E-state index contributed by atoms with van der Waals surface area (Å²) in [6, 6.07) is 6.58. The van der Waals surface area contributed by atoms with Gasteiger partial charge in [0.05, 0.1) is 5.92 Å². The molecule has 1 fully saturated rings. The van der Waals surface area contributed by atoms with Crippen molar-refractivity contribution in [2.75, 3.05) is 6.54 Å². The van der Waals surface area contributed by atoms with Crippen molar-refractivity contribution in [2.45, 2.75) is 38.3 Å². The molecule has 1 aliphatic carbocycles. The molecule has 1 aliphatic heterocycles. The molecule has 2 aliphatic rings. The first-order chi connectivity index (χ1) is 9.08. The number of hydrogen-bond donors (Lipinski definition) is 1. The van der Waals surface area contributed by atoms with Crippen LogP contribution < -0.4 is 0 Å². The maximum Gasteiger partial charge on any atom is 0.308 e. The minimum Gasteiger partial charge on any atom is -0.481 e. The van der Waals surface area contributed by atoms with Crippen LogP contribution in [0.5, 0.6) is 0 Å². The molecule has 1 aromatic carbocycles. The number of carbonyl (C=O) groups is 1. The van der Waals surface area contributed by atoms with Crippen LogP contribution in [-0.4, -0.2) is 28.6 Å². The Hall–Kier alpha value is -1.06. The Morgan fingerprint density at radius 3 is 2.89 bits per heavy atom.